The zero-order valence-electron chi connectivity index (χ0n) is 9.81. The van der Waals surface area contributed by atoms with Crippen LogP contribution in [0.4, 0.5) is 0 Å². The van der Waals surface area contributed by atoms with Gasteiger partial charge in [-0.1, -0.05) is 31.0 Å². The average Bonchev–Trinajstić information content (AvgIpc) is 2.83. The molecule has 1 saturated heterocycles. The maximum Gasteiger partial charge on any atom is 0.180 e. The Bertz CT molecular complexity index is 457. The summed E-state index contributed by atoms with van der Waals surface area (Å²) in [5.41, 5.74) is 0. The SMILES string of the molecule is O=S(=O)(CC(O)[C@@H]1CCC[N-]1)c1ccccc1.[Pd]. The van der Waals surface area contributed by atoms with Crippen molar-refractivity contribution in [1.82, 2.24) is 0 Å². The molecule has 0 bridgehead atoms. The molecule has 0 radical (unpaired) electrons. The monoisotopic (exact) mass is 360 g/mol. The first-order valence-corrected chi connectivity index (χ1v) is 7.37. The van der Waals surface area contributed by atoms with Crippen LogP contribution in [0.1, 0.15) is 12.8 Å². The molecule has 104 valence electrons. The molecular formula is C12H16NO3PdS-. The number of sulfone groups is 1. The van der Waals surface area contributed by atoms with Crippen molar-refractivity contribution in [2.45, 2.75) is 29.9 Å². The van der Waals surface area contributed by atoms with Crippen molar-refractivity contribution in [3.8, 4) is 0 Å². The van der Waals surface area contributed by atoms with E-state index < -0.39 is 15.9 Å². The Kier molecular flexibility index (Phi) is 5.96. The molecule has 2 atom stereocenters. The van der Waals surface area contributed by atoms with Gasteiger partial charge >= 0.3 is 0 Å². The zero-order valence-corrected chi connectivity index (χ0v) is 12.2. The third kappa shape index (κ3) is 3.87. The zero-order chi connectivity index (χ0) is 12.3. The molecule has 0 amide bonds. The molecule has 4 nitrogen and oxygen atoms in total. The van der Waals surface area contributed by atoms with Gasteiger partial charge in [-0.05, 0) is 12.1 Å². The van der Waals surface area contributed by atoms with E-state index in [2.05, 4.69) is 5.32 Å². The van der Waals surface area contributed by atoms with E-state index >= 15 is 0 Å². The molecule has 6 heteroatoms. The summed E-state index contributed by atoms with van der Waals surface area (Å²) < 4.78 is 24.0. The van der Waals surface area contributed by atoms with Crippen LogP contribution in [0.2, 0.25) is 0 Å². The Balaban J connectivity index is 0.00000162. The summed E-state index contributed by atoms with van der Waals surface area (Å²) in [6.07, 6.45) is 0.834. The smallest absolute Gasteiger partial charge is 0.180 e. The summed E-state index contributed by atoms with van der Waals surface area (Å²) in [6, 6.07) is 8.01. The van der Waals surface area contributed by atoms with Gasteiger partial charge in [-0.3, -0.25) is 0 Å². The molecule has 2 rings (SSSR count). The van der Waals surface area contributed by atoms with Crippen molar-refractivity contribution in [1.29, 1.82) is 0 Å². The van der Waals surface area contributed by atoms with Crippen LogP contribution in [-0.2, 0) is 30.3 Å². The topological polar surface area (TPSA) is 68.5 Å². The largest absolute Gasteiger partial charge is 0.657 e. The van der Waals surface area contributed by atoms with Gasteiger partial charge in [-0.15, -0.1) is 12.6 Å². The molecule has 1 heterocycles. The second-order valence-electron chi connectivity index (χ2n) is 4.28. The fraction of sp³-hybridized carbons (Fsp3) is 0.500. The van der Waals surface area contributed by atoms with Gasteiger partial charge in [0, 0.05) is 20.4 Å². The molecule has 0 aliphatic carbocycles. The third-order valence-electron chi connectivity index (χ3n) is 2.96. The number of nitrogens with zero attached hydrogens (tertiary/aromatic N) is 1. The minimum atomic E-state index is -3.41. The average molecular weight is 361 g/mol. The number of aliphatic hydroxyl groups is 1. The van der Waals surface area contributed by atoms with Gasteiger partial charge < -0.3 is 10.4 Å². The molecule has 1 aromatic carbocycles. The molecular weight excluding hydrogens is 345 g/mol. The van der Waals surface area contributed by atoms with E-state index in [1.165, 1.54) is 0 Å². The number of hydrogen-bond donors (Lipinski definition) is 1. The van der Waals surface area contributed by atoms with E-state index in [4.69, 9.17) is 0 Å². The number of aliphatic hydroxyl groups excluding tert-OH is 1. The van der Waals surface area contributed by atoms with Crippen molar-refractivity contribution < 1.29 is 33.9 Å². The van der Waals surface area contributed by atoms with Crippen LogP contribution in [0.5, 0.6) is 0 Å². The van der Waals surface area contributed by atoms with Gasteiger partial charge in [0.1, 0.15) is 0 Å². The summed E-state index contributed by atoms with van der Waals surface area (Å²) in [6.45, 7) is 0.729. The van der Waals surface area contributed by atoms with E-state index in [1.807, 2.05) is 0 Å². The molecule has 0 saturated carbocycles. The van der Waals surface area contributed by atoms with Crippen LogP contribution >= 0.6 is 0 Å². The Morgan fingerprint density at radius 3 is 2.56 bits per heavy atom. The second kappa shape index (κ2) is 6.78. The molecule has 1 aliphatic rings. The van der Waals surface area contributed by atoms with Gasteiger partial charge in [0.15, 0.2) is 9.84 Å². The molecule has 1 unspecified atom stereocenters. The molecule has 1 N–H and O–H groups in total. The van der Waals surface area contributed by atoms with E-state index in [9.17, 15) is 13.5 Å². The van der Waals surface area contributed by atoms with Gasteiger partial charge in [0.2, 0.25) is 0 Å². The minimum Gasteiger partial charge on any atom is -0.657 e. The number of hydrogen-bond acceptors (Lipinski definition) is 3. The Hall–Kier alpha value is -0.248. The van der Waals surface area contributed by atoms with Crippen LogP contribution in [0, 0.1) is 0 Å². The van der Waals surface area contributed by atoms with Gasteiger partial charge in [-0.25, -0.2) is 8.42 Å². The summed E-state index contributed by atoms with van der Waals surface area (Å²) in [4.78, 5) is 0.261. The van der Waals surface area contributed by atoms with Crippen molar-refractivity contribution in [3.63, 3.8) is 0 Å². The molecule has 0 aromatic heterocycles. The van der Waals surface area contributed by atoms with Crippen molar-refractivity contribution in [3.05, 3.63) is 35.6 Å². The minimum absolute atomic E-state index is 0. The predicted octanol–water partition coefficient (Wildman–Crippen LogP) is 1.35. The van der Waals surface area contributed by atoms with Crippen molar-refractivity contribution >= 4 is 9.84 Å². The van der Waals surface area contributed by atoms with E-state index in [-0.39, 0.29) is 37.1 Å². The molecule has 1 fully saturated rings. The molecule has 1 aromatic rings. The van der Waals surface area contributed by atoms with Crippen molar-refractivity contribution in [2.75, 3.05) is 12.3 Å². The fourth-order valence-corrected chi connectivity index (χ4v) is 3.46. The van der Waals surface area contributed by atoms with Crippen LogP contribution in [0.15, 0.2) is 35.2 Å². The summed E-state index contributed by atoms with van der Waals surface area (Å²) in [7, 11) is -3.41. The quantitative estimate of drug-likeness (QED) is 0.824. The van der Waals surface area contributed by atoms with Crippen LogP contribution in [0.25, 0.3) is 5.32 Å². The predicted molar refractivity (Wildman–Crippen MR) is 65.7 cm³/mol. The van der Waals surface area contributed by atoms with Crippen LogP contribution < -0.4 is 0 Å². The second-order valence-corrected chi connectivity index (χ2v) is 6.31. The first kappa shape index (κ1) is 15.8. The normalized spacial score (nSPS) is 21.3. The molecule has 0 spiro atoms. The first-order chi connectivity index (χ1) is 8.09. The van der Waals surface area contributed by atoms with Crippen LogP contribution in [-0.4, -0.2) is 38.0 Å². The van der Waals surface area contributed by atoms with Gasteiger partial charge in [0.25, 0.3) is 0 Å². The first-order valence-electron chi connectivity index (χ1n) is 5.72. The standard InChI is InChI=1S/C12H16NO3S.Pd/c14-12(11-7-4-8-13-11)9-17(15,16)10-5-2-1-3-6-10;/h1-3,5-6,11-12,14H,4,7-9H2;/q-1;/t11-,12?;/m0./s1. The number of rotatable bonds is 4. The molecule has 1 aliphatic heterocycles. The maximum atomic E-state index is 12.0. The Morgan fingerprint density at radius 2 is 2.00 bits per heavy atom. The van der Waals surface area contributed by atoms with E-state index in [0.29, 0.717) is 0 Å². The maximum absolute atomic E-state index is 12.0. The van der Waals surface area contributed by atoms with Crippen LogP contribution in [0.3, 0.4) is 0 Å². The Morgan fingerprint density at radius 1 is 1.33 bits per heavy atom. The Labute approximate surface area is 121 Å². The molecule has 18 heavy (non-hydrogen) atoms. The van der Waals surface area contributed by atoms with Gasteiger partial charge in [-0.2, -0.15) is 0 Å². The summed E-state index contributed by atoms with van der Waals surface area (Å²) in [5, 5.41) is 14.1. The summed E-state index contributed by atoms with van der Waals surface area (Å²) in [5.74, 6) is -0.245. The number of benzene rings is 1. The fourth-order valence-electron chi connectivity index (χ4n) is 2.02. The van der Waals surface area contributed by atoms with E-state index in [1.54, 1.807) is 30.3 Å². The van der Waals surface area contributed by atoms with Crippen molar-refractivity contribution in [2.24, 2.45) is 0 Å². The van der Waals surface area contributed by atoms with E-state index in [0.717, 1.165) is 19.4 Å². The summed E-state index contributed by atoms with van der Waals surface area (Å²) >= 11 is 0. The third-order valence-corrected chi connectivity index (χ3v) is 4.73. The van der Waals surface area contributed by atoms with Gasteiger partial charge in [0.05, 0.1) is 16.8 Å².